The van der Waals surface area contributed by atoms with Gasteiger partial charge in [-0.05, 0) is 32.7 Å². The Bertz CT molecular complexity index is 880. The molecule has 1 aliphatic heterocycles. The summed E-state index contributed by atoms with van der Waals surface area (Å²) in [4.78, 5) is 7.36. The summed E-state index contributed by atoms with van der Waals surface area (Å²) in [6.07, 6.45) is 2.91. The summed E-state index contributed by atoms with van der Waals surface area (Å²) in [7, 11) is 4.00. The number of morpholine rings is 1. The van der Waals surface area contributed by atoms with Crippen LogP contribution in [0.4, 0.5) is 0 Å². The van der Waals surface area contributed by atoms with Crippen molar-refractivity contribution in [2.24, 2.45) is 19.1 Å². The Morgan fingerprint density at radius 3 is 2.53 bits per heavy atom. The summed E-state index contributed by atoms with van der Waals surface area (Å²) >= 11 is 0. The Balaban J connectivity index is 1.64. The molecule has 3 heterocycles. The summed E-state index contributed by atoms with van der Waals surface area (Å²) in [5.41, 5.74) is 3.62. The smallest absolute Gasteiger partial charge is 0.191 e. The molecule has 10 nitrogen and oxygen atoms in total. The molecule has 0 atom stereocenters. The number of aromatic nitrogens is 5. The molecule has 1 saturated heterocycles. The number of aliphatic imine (C=N–C) groups is 1. The number of nitrogens with zero attached hydrogens (tertiary/aromatic N) is 7. The lowest BCUT2D eigenvalue weighted by Crippen LogP contribution is -2.40. The third-order valence-electron chi connectivity index (χ3n) is 6.07. The fourth-order valence-electron chi connectivity index (χ4n) is 4.01. The van der Waals surface area contributed by atoms with E-state index in [-0.39, 0.29) is 0 Å². The van der Waals surface area contributed by atoms with Gasteiger partial charge in [0.15, 0.2) is 11.8 Å². The highest BCUT2D eigenvalue weighted by molar-refractivity contribution is 5.79. The van der Waals surface area contributed by atoms with Crippen LogP contribution < -0.4 is 10.6 Å². The van der Waals surface area contributed by atoms with E-state index < -0.39 is 0 Å². The maximum Gasteiger partial charge on any atom is 0.191 e. The Kier molecular flexibility index (Phi) is 9.04. The molecule has 0 aromatic carbocycles. The van der Waals surface area contributed by atoms with Crippen molar-refractivity contribution in [3.63, 3.8) is 0 Å². The summed E-state index contributed by atoms with van der Waals surface area (Å²) in [5, 5.41) is 20.0. The van der Waals surface area contributed by atoms with Crippen LogP contribution >= 0.6 is 0 Å². The van der Waals surface area contributed by atoms with E-state index in [0.29, 0.717) is 13.1 Å². The molecule has 2 N–H and O–H groups in total. The van der Waals surface area contributed by atoms with Gasteiger partial charge in [-0.15, -0.1) is 10.2 Å². The third kappa shape index (κ3) is 6.29. The van der Waals surface area contributed by atoms with Gasteiger partial charge in [-0.25, -0.2) is 4.99 Å². The lowest BCUT2D eigenvalue weighted by atomic mass is 10.1. The van der Waals surface area contributed by atoms with Crippen molar-refractivity contribution in [3.8, 4) is 0 Å². The normalized spacial score (nSPS) is 15.3. The second-order valence-corrected chi connectivity index (χ2v) is 8.18. The maximum atomic E-state index is 5.44. The average Bonchev–Trinajstić information content (AvgIpc) is 3.30. The molecule has 2 aromatic rings. The molecule has 0 aliphatic carbocycles. The summed E-state index contributed by atoms with van der Waals surface area (Å²) in [5.74, 6) is 2.57. The second-order valence-electron chi connectivity index (χ2n) is 8.18. The van der Waals surface area contributed by atoms with E-state index in [1.165, 1.54) is 11.3 Å². The van der Waals surface area contributed by atoms with Crippen LogP contribution in [0.5, 0.6) is 0 Å². The molecule has 178 valence electrons. The SMILES string of the molecule is CCc1nn(C)c(CC)c1CN=C(NCCCN1CCOCC1)NCc1nnc(C)n1C. The highest BCUT2D eigenvalue weighted by Crippen LogP contribution is 2.16. The summed E-state index contributed by atoms with van der Waals surface area (Å²) in [6, 6.07) is 0. The van der Waals surface area contributed by atoms with Gasteiger partial charge in [-0.1, -0.05) is 13.8 Å². The van der Waals surface area contributed by atoms with Crippen LogP contribution in [0, 0.1) is 6.92 Å². The van der Waals surface area contributed by atoms with Gasteiger partial charge in [0.1, 0.15) is 5.82 Å². The van der Waals surface area contributed by atoms with Crippen LogP contribution in [0.3, 0.4) is 0 Å². The monoisotopic (exact) mass is 445 g/mol. The number of guanidine groups is 1. The molecule has 0 radical (unpaired) electrons. The van der Waals surface area contributed by atoms with Crippen molar-refractivity contribution in [1.29, 1.82) is 0 Å². The average molecular weight is 446 g/mol. The Morgan fingerprint density at radius 1 is 1.09 bits per heavy atom. The molecule has 32 heavy (non-hydrogen) atoms. The minimum atomic E-state index is 0.570. The first-order valence-electron chi connectivity index (χ1n) is 11.7. The number of aryl methyl sites for hydroxylation is 3. The Labute approximate surface area is 191 Å². The standard InChI is InChI=1S/C22H39N9O/c1-6-19-18(20(7-2)30(5)28-19)15-24-22(25-16-21-27-26-17(3)29(21)4)23-9-8-10-31-11-13-32-14-12-31/h6-16H2,1-5H3,(H2,23,24,25). The van der Waals surface area contributed by atoms with E-state index in [4.69, 9.17) is 9.73 Å². The second kappa shape index (κ2) is 12.0. The van der Waals surface area contributed by atoms with Crippen molar-refractivity contribution in [1.82, 2.24) is 40.1 Å². The molecule has 0 bridgehead atoms. The van der Waals surface area contributed by atoms with Gasteiger partial charge in [0.2, 0.25) is 0 Å². The molecule has 0 spiro atoms. The van der Waals surface area contributed by atoms with Crippen LogP contribution in [0.15, 0.2) is 4.99 Å². The largest absolute Gasteiger partial charge is 0.379 e. The molecule has 2 aromatic heterocycles. The van der Waals surface area contributed by atoms with Gasteiger partial charge in [0.05, 0.1) is 32.0 Å². The van der Waals surface area contributed by atoms with Crippen LogP contribution in [0.25, 0.3) is 0 Å². The quantitative estimate of drug-likeness (QED) is 0.319. The highest BCUT2D eigenvalue weighted by Gasteiger charge is 2.14. The summed E-state index contributed by atoms with van der Waals surface area (Å²) < 4.78 is 9.43. The Hall–Kier alpha value is -2.46. The van der Waals surface area contributed by atoms with E-state index in [1.54, 1.807) is 0 Å². The minimum Gasteiger partial charge on any atom is -0.379 e. The van der Waals surface area contributed by atoms with Crippen molar-refractivity contribution in [2.45, 2.75) is 53.1 Å². The van der Waals surface area contributed by atoms with Crippen LogP contribution in [-0.2, 0) is 44.8 Å². The molecule has 0 amide bonds. The number of nitrogens with one attached hydrogen (secondary N) is 2. The van der Waals surface area contributed by atoms with Crippen molar-refractivity contribution in [2.75, 3.05) is 39.4 Å². The minimum absolute atomic E-state index is 0.570. The first-order chi connectivity index (χ1) is 15.5. The molecule has 1 aliphatic rings. The van der Waals surface area contributed by atoms with E-state index >= 15 is 0 Å². The van der Waals surface area contributed by atoms with Crippen LogP contribution in [0.1, 0.15) is 48.9 Å². The lowest BCUT2D eigenvalue weighted by molar-refractivity contribution is 0.0376. The van der Waals surface area contributed by atoms with Gasteiger partial charge in [0.25, 0.3) is 0 Å². The van der Waals surface area contributed by atoms with Gasteiger partial charge in [0, 0.05) is 45.0 Å². The highest BCUT2D eigenvalue weighted by atomic mass is 16.5. The molecular weight excluding hydrogens is 406 g/mol. The zero-order valence-electron chi connectivity index (χ0n) is 20.3. The van der Waals surface area contributed by atoms with Crippen molar-refractivity contribution in [3.05, 3.63) is 28.6 Å². The molecule has 0 unspecified atom stereocenters. The van der Waals surface area contributed by atoms with E-state index in [9.17, 15) is 0 Å². The zero-order valence-corrected chi connectivity index (χ0v) is 20.3. The Morgan fingerprint density at radius 2 is 1.88 bits per heavy atom. The summed E-state index contributed by atoms with van der Waals surface area (Å²) in [6.45, 7) is 13.1. The molecule has 1 fully saturated rings. The van der Waals surface area contributed by atoms with E-state index in [0.717, 1.165) is 82.0 Å². The molecular formula is C22H39N9O. The molecule has 10 heteroatoms. The van der Waals surface area contributed by atoms with E-state index in [1.807, 2.05) is 30.3 Å². The van der Waals surface area contributed by atoms with Crippen LogP contribution in [-0.4, -0.2) is 74.8 Å². The van der Waals surface area contributed by atoms with Crippen molar-refractivity contribution >= 4 is 5.96 Å². The number of rotatable bonds is 10. The first kappa shape index (κ1) is 24.2. The van der Waals surface area contributed by atoms with Gasteiger partial charge < -0.3 is 19.9 Å². The maximum absolute atomic E-state index is 5.44. The van der Waals surface area contributed by atoms with Crippen molar-refractivity contribution < 1.29 is 4.74 Å². The van der Waals surface area contributed by atoms with E-state index in [2.05, 4.69) is 44.7 Å². The predicted molar refractivity (Wildman–Crippen MR) is 126 cm³/mol. The fraction of sp³-hybridized carbons (Fsp3) is 0.727. The van der Waals surface area contributed by atoms with Crippen LogP contribution in [0.2, 0.25) is 0 Å². The van der Waals surface area contributed by atoms with Gasteiger partial charge >= 0.3 is 0 Å². The predicted octanol–water partition coefficient (Wildman–Crippen LogP) is 0.940. The van der Waals surface area contributed by atoms with Gasteiger partial charge in [-0.3, -0.25) is 9.58 Å². The molecule has 0 saturated carbocycles. The lowest BCUT2D eigenvalue weighted by Gasteiger charge is -2.26. The number of hydrogen-bond donors (Lipinski definition) is 2. The zero-order chi connectivity index (χ0) is 22.9. The van der Waals surface area contributed by atoms with Gasteiger partial charge in [-0.2, -0.15) is 5.10 Å². The number of hydrogen-bond acceptors (Lipinski definition) is 6. The first-order valence-corrected chi connectivity index (χ1v) is 11.7. The topological polar surface area (TPSA) is 97.4 Å². The third-order valence-corrected chi connectivity index (χ3v) is 6.07. The molecule has 3 rings (SSSR count). The fourth-order valence-corrected chi connectivity index (χ4v) is 4.01. The number of ether oxygens (including phenoxy) is 1.